The predicted molar refractivity (Wildman–Crippen MR) is 90.7 cm³/mol. The van der Waals surface area contributed by atoms with E-state index in [1.165, 1.54) is 32.1 Å². The van der Waals surface area contributed by atoms with Gasteiger partial charge in [-0.05, 0) is 25.9 Å². The Morgan fingerprint density at radius 3 is 2.75 bits per heavy atom. The molecular formula is C17H24N2O5. The molecule has 2 rings (SSSR count). The standard InChI is InChI=1S/C17H24N2O5/c1-3-9-23-13-14-11-15(19(20)21)12-16(22-2)17(14)24-10-8-18-6-4-5-7-18/h3,11-12H,1,4-10,13H2,2H3. The number of likely N-dealkylation sites (tertiary alicyclic amines) is 1. The van der Waals surface area contributed by atoms with Crippen LogP contribution in [0.25, 0.3) is 0 Å². The highest BCUT2D eigenvalue weighted by molar-refractivity contribution is 5.54. The number of benzene rings is 1. The molecule has 24 heavy (non-hydrogen) atoms. The van der Waals surface area contributed by atoms with Crippen LogP contribution in [0.15, 0.2) is 24.8 Å². The number of non-ortho nitro benzene ring substituents is 1. The summed E-state index contributed by atoms with van der Waals surface area (Å²) in [5, 5.41) is 11.1. The molecule has 0 spiro atoms. The highest BCUT2D eigenvalue weighted by atomic mass is 16.6. The molecule has 1 saturated heterocycles. The van der Waals surface area contributed by atoms with Crippen LogP contribution < -0.4 is 9.47 Å². The third-order valence-electron chi connectivity index (χ3n) is 3.89. The van der Waals surface area contributed by atoms with Crippen molar-refractivity contribution in [2.24, 2.45) is 0 Å². The molecule has 1 heterocycles. The number of methoxy groups -OCH3 is 1. The second kappa shape index (κ2) is 9.24. The van der Waals surface area contributed by atoms with Gasteiger partial charge in [-0.1, -0.05) is 6.08 Å². The molecular weight excluding hydrogens is 312 g/mol. The molecule has 0 atom stereocenters. The summed E-state index contributed by atoms with van der Waals surface area (Å²) < 4.78 is 16.6. The van der Waals surface area contributed by atoms with Crippen molar-refractivity contribution >= 4 is 5.69 Å². The van der Waals surface area contributed by atoms with Gasteiger partial charge in [0.05, 0.1) is 31.3 Å². The summed E-state index contributed by atoms with van der Waals surface area (Å²) in [6.45, 7) is 7.67. The molecule has 0 amide bonds. The zero-order chi connectivity index (χ0) is 17.4. The van der Waals surface area contributed by atoms with E-state index in [1.807, 2.05) is 0 Å². The van der Waals surface area contributed by atoms with Crippen LogP contribution in [0.4, 0.5) is 5.69 Å². The summed E-state index contributed by atoms with van der Waals surface area (Å²) in [5.74, 6) is 0.856. The quantitative estimate of drug-likeness (QED) is 0.283. The summed E-state index contributed by atoms with van der Waals surface area (Å²) in [4.78, 5) is 13.0. The monoisotopic (exact) mass is 336 g/mol. The number of nitro benzene ring substituents is 1. The van der Waals surface area contributed by atoms with Crippen molar-refractivity contribution in [3.63, 3.8) is 0 Å². The van der Waals surface area contributed by atoms with Gasteiger partial charge in [-0.2, -0.15) is 0 Å². The maximum absolute atomic E-state index is 11.1. The zero-order valence-corrected chi connectivity index (χ0v) is 14.0. The minimum absolute atomic E-state index is 0.0454. The molecule has 0 unspecified atom stereocenters. The van der Waals surface area contributed by atoms with E-state index in [2.05, 4.69) is 11.5 Å². The lowest BCUT2D eigenvalue weighted by molar-refractivity contribution is -0.385. The number of nitrogens with zero attached hydrogens (tertiary/aromatic N) is 2. The molecule has 1 aromatic carbocycles. The van der Waals surface area contributed by atoms with E-state index in [0.717, 1.165) is 19.6 Å². The third-order valence-corrected chi connectivity index (χ3v) is 3.89. The molecule has 1 fully saturated rings. The third kappa shape index (κ3) is 4.94. The SMILES string of the molecule is C=CCOCc1cc([N+](=O)[O-])cc(OC)c1OCCN1CCCC1. The Kier molecular flexibility index (Phi) is 7.02. The molecule has 0 aromatic heterocycles. The lowest BCUT2D eigenvalue weighted by Crippen LogP contribution is -2.25. The fourth-order valence-electron chi connectivity index (χ4n) is 2.71. The number of hydrogen-bond acceptors (Lipinski definition) is 6. The molecule has 7 nitrogen and oxygen atoms in total. The highest BCUT2D eigenvalue weighted by Crippen LogP contribution is 2.36. The maximum Gasteiger partial charge on any atom is 0.273 e. The molecule has 132 valence electrons. The normalized spacial score (nSPS) is 14.5. The number of nitro groups is 1. The van der Waals surface area contributed by atoms with Gasteiger partial charge >= 0.3 is 0 Å². The first-order chi connectivity index (χ1) is 11.7. The van der Waals surface area contributed by atoms with Crippen molar-refractivity contribution in [3.05, 3.63) is 40.5 Å². The van der Waals surface area contributed by atoms with Crippen molar-refractivity contribution < 1.29 is 19.1 Å². The van der Waals surface area contributed by atoms with Gasteiger partial charge in [0, 0.05) is 18.2 Å². The van der Waals surface area contributed by atoms with Crippen LogP contribution in [-0.2, 0) is 11.3 Å². The molecule has 1 aromatic rings. The Hall–Kier alpha value is -2.12. The van der Waals surface area contributed by atoms with Crippen LogP contribution in [0.5, 0.6) is 11.5 Å². The first kappa shape index (κ1) is 18.2. The highest BCUT2D eigenvalue weighted by Gasteiger charge is 2.19. The lowest BCUT2D eigenvalue weighted by atomic mass is 10.1. The predicted octanol–water partition coefficient (Wildman–Crippen LogP) is 2.78. The summed E-state index contributed by atoms with van der Waals surface area (Å²) in [7, 11) is 1.47. The first-order valence-electron chi connectivity index (χ1n) is 8.04. The average Bonchev–Trinajstić information content (AvgIpc) is 3.09. The van der Waals surface area contributed by atoms with Gasteiger partial charge in [0.1, 0.15) is 6.61 Å². The van der Waals surface area contributed by atoms with Crippen molar-refractivity contribution in [2.45, 2.75) is 19.4 Å². The second-order valence-electron chi connectivity index (χ2n) is 5.59. The summed E-state index contributed by atoms with van der Waals surface area (Å²) >= 11 is 0. The van der Waals surface area contributed by atoms with Crippen molar-refractivity contribution in [3.8, 4) is 11.5 Å². The Labute approximate surface area is 142 Å². The van der Waals surface area contributed by atoms with Crippen molar-refractivity contribution in [1.82, 2.24) is 4.90 Å². The summed E-state index contributed by atoms with van der Waals surface area (Å²) in [6.07, 6.45) is 4.07. The zero-order valence-electron chi connectivity index (χ0n) is 14.0. The van der Waals surface area contributed by atoms with Gasteiger partial charge in [-0.25, -0.2) is 0 Å². The Balaban J connectivity index is 2.13. The van der Waals surface area contributed by atoms with Gasteiger partial charge < -0.3 is 14.2 Å². The Bertz CT molecular complexity index is 570. The van der Waals surface area contributed by atoms with Gasteiger partial charge in [0.2, 0.25) is 0 Å². The van der Waals surface area contributed by atoms with E-state index < -0.39 is 4.92 Å². The summed E-state index contributed by atoms with van der Waals surface area (Å²) in [6, 6.07) is 2.85. The van der Waals surface area contributed by atoms with Crippen LogP contribution in [0.2, 0.25) is 0 Å². The smallest absolute Gasteiger partial charge is 0.273 e. The number of ether oxygens (including phenoxy) is 3. The topological polar surface area (TPSA) is 74.1 Å². The van der Waals surface area contributed by atoms with E-state index in [9.17, 15) is 10.1 Å². The number of hydrogen-bond donors (Lipinski definition) is 0. The van der Waals surface area contributed by atoms with Gasteiger partial charge in [-0.3, -0.25) is 15.0 Å². The van der Waals surface area contributed by atoms with Crippen LogP contribution in [0.1, 0.15) is 18.4 Å². The largest absolute Gasteiger partial charge is 0.493 e. The van der Waals surface area contributed by atoms with Crippen molar-refractivity contribution in [2.75, 3.05) is 40.0 Å². The van der Waals surface area contributed by atoms with Gasteiger partial charge in [0.25, 0.3) is 5.69 Å². The van der Waals surface area contributed by atoms with Crippen LogP contribution >= 0.6 is 0 Å². The fourth-order valence-corrected chi connectivity index (χ4v) is 2.71. The minimum atomic E-state index is -0.451. The van der Waals surface area contributed by atoms with Crippen LogP contribution in [-0.4, -0.2) is 49.8 Å². The van der Waals surface area contributed by atoms with E-state index in [1.54, 1.807) is 6.08 Å². The Morgan fingerprint density at radius 2 is 2.12 bits per heavy atom. The molecule has 1 aliphatic heterocycles. The first-order valence-corrected chi connectivity index (χ1v) is 8.04. The molecule has 0 aliphatic carbocycles. The number of rotatable bonds is 10. The van der Waals surface area contributed by atoms with E-state index in [-0.39, 0.29) is 12.3 Å². The van der Waals surface area contributed by atoms with Gasteiger partial charge in [0.15, 0.2) is 11.5 Å². The van der Waals surface area contributed by atoms with Gasteiger partial charge in [-0.15, -0.1) is 6.58 Å². The van der Waals surface area contributed by atoms with Crippen molar-refractivity contribution in [1.29, 1.82) is 0 Å². The average molecular weight is 336 g/mol. The lowest BCUT2D eigenvalue weighted by Gasteiger charge is -2.18. The summed E-state index contributed by atoms with van der Waals surface area (Å²) in [5.41, 5.74) is 0.556. The second-order valence-corrected chi connectivity index (χ2v) is 5.59. The molecule has 7 heteroatoms. The molecule has 0 N–H and O–H groups in total. The fraction of sp³-hybridized carbons (Fsp3) is 0.529. The minimum Gasteiger partial charge on any atom is -0.493 e. The molecule has 1 aliphatic rings. The molecule has 0 radical (unpaired) electrons. The van der Waals surface area contributed by atoms with Crippen LogP contribution in [0, 0.1) is 10.1 Å². The van der Waals surface area contributed by atoms with E-state index >= 15 is 0 Å². The van der Waals surface area contributed by atoms with E-state index in [0.29, 0.717) is 30.3 Å². The maximum atomic E-state index is 11.1. The van der Waals surface area contributed by atoms with E-state index in [4.69, 9.17) is 14.2 Å². The Morgan fingerprint density at radius 1 is 1.38 bits per heavy atom. The molecule has 0 bridgehead atoms. The molecule has 0 saturated carbocycles. The van der Waals surface area contributed by atoms with Crippen LogP contribution in [0.3, 0.4) is 0 Å².